The van der Waals surface area contributed by atoms with E-state index < -0.39 is 23.6 Å². The number of rotatable bonds is 9. The molecule has 0 aliphatic heterocycles. The van der Waals surface area contributed by atoms with Crippen LogP contribution in [0.3, 0.4) is 0 Å². The number of carbonyl (C=O) groups excluding carboxylic acids is 2. The van der Waals surface area contributed by atoms with Crippen LogP contribution in [0.5, 0.6) is 0 Å². The Morgan fingerprint density at radius 2 is 2.05 bits per heavy atom. The van der Waals surface area contributed by atoms with Crippen molar-refractivity contribution in [1.29, 1.82) is 0 Å². The number of hydrogen-bond donors (Lipinski definition) is 3. The van der Waals surface area contributed by atoms with Gasteiger partial charge in [0.15, 0.2) is 0 Å². The average Bonchev–Trinajstić information content (AvgIpc) is 2.41. The second-order valence-electron chi connectivity index (χ2n) is 5.24. The van der Waals surface area contributed by atoms with Crippen LogP contribution in [0.15, 0.2) is 5.11 Å². The lowest BCUT2D eigenvalue weighted by Crippen LogP contribution is -2.50. The second-order valence-corrected chi connectivity index (χ2v) is 5.24. The molecule has 0 aromatic rings. The molecule has 2 amide bonds. The minimum Gasteiger partial charge on any atom is -0.444 e. The fourth-order valence-electron chi connectivity index (χ4n) is 1.30. The van der Waals surface area contributed by atoms with E-state index in [1.54, 1.807) is 20.8 Å². The molecule has 0 aromatic heterocycles. The Kier molecular flexibility index (Phi) is 9.68. The molecule has 10 heteroatoms. The molecule has 0 unspecified atom stereocenters. The van der Waals surface area contributed by atoms with Gasteiger partial charge in [0, 0.05) is 11.5 Å². The van der Waals surface area contributed by atoms with E-state index in [-0.39, 0.29) is 32.9 Å². The van der Waals surface area contributed by atoms with E-state index in [0.29, 0.717) is 0 Å². The summed E-state index contributed by atoms with van der Waals surface area (Å²) < 4.78 is 10.0. The number of amides is 2. The van der Waals surface area contributed by atoms with Crippen LogP contribution >= 0.6 is 0 Å². The molecule has 0 aromatic carbocycles. The van der Waals surface area contributed by atoms with Crippen molar-refractivity contribution in [3.63, 3.8) is 0 Å². The van der Waals surface area contributed by atoms with Gasteiger partial charge in [-0.15, -0.1) is 0 Å². The van der Waals surface area contributed by atoms with Crippen LogP contribution < -0.4 is 10.6 Å². The topological polar surface area (TPSA) is 146 Å². The Balaban J connectivity index is 4.39. The molecule has 0 rings (SSSR count). The van der Waals surface area contributed by atoms with Gasteiger partial charge < -0.3 is 25.2 Å². The van der Waals surface area contributed by atoms with Crippen LogP contribution in [0.25, 0.3) is 10.4 Å². The van der Waals surface area contributed by atoms with Gasteiger partial charge >= 0.3 is 6.09 Å². The van der Waals surface area contributed by atoms with Crippen molar-refractivity contribution < 1.29 is 24.2 Å². The van der Waals surface area contributed by atoms with E-state index in [2.05, 4.69) is 20.7 Å². The standard InChI is InChI=1S/C12H23N5O5/c1-12(2,3)22-11(20)16-9(8-15-17-13)10(19)14-4-6-21-7-5-18/h9,18H,4-8H2,1-3H3,(H,14,19)(H,16,20)/t9-/m0/s1. The van der Waals surface area contributed by atoms with E-state index in [1.807, 2.05) is 0 Å². The van der Waals surface area contributed by atoms with Crippen LogP contribution in [0.4, 0.5) is 4.79 Å². The molecular weight excluding hydrogens is 294 g/mol. The summed E-state index contributed by atoms with van der Waals surface area (Å²) in [5.74, 6) is -0.522. The largest absolute Gasteiger partial charge is 0.444 e. The molecule has 126 valence electrons. The second kappa shape index (κ2) is 10.7. The number of aliphatic hydroxyl groups is 1. The Hall–Kier alpha value is -2.03. The Morgan fingerprint density at radius 1 is 1.36 bits per heavy atom. The first-order valence-electron chi connectivity index (χ1n) is 6.77. The lowest BCUT2D eigenvalue weighted by Gasteiger charge is -2.22. The van der Waals surface area contributed by atoms with Crippen LogP contribution in [-0.4, -0.2) is 61.7 Å². The summed E-state index contributed by atoms with van der Waals surface area (Å²) in [6.45, 7) is 5.31. The van der Waals surface area contributed by atoms with Crippen molar-refractivity contribution in [2.24, 2.45) is 5.11 Å². The summed E-state index contributed by atoms with van der Waals surface area (Å²) in [4.78, 5) is 26.1. The predicted molar refractivity (Wildman–Crippen MR) is 78.1 cm³/mol. The number of nitrogens with one attached hydrogen (secondary N) is 2. The van der Waals surface area contributed by atoms with Crippen LogP contribution in [0.1, 0.15) is 20.8 Å². The van der Waals surface area contributed by atoms with Crippen molar-refractivity contribution in [2.45, 2.75) is 32.4 Å². The fraction of sp³-hybridized carbons (Fsp3) is 0.833. The molecule has 0 bridgehead atoms. The zero-order valence-electron chi connectivity index (χ0n) is 13.0. The maximum atomic E-state index is 11.9. The molecule has 0 spiro atoms. The first kappa shape index (κ1) is 20.0. The Bertz CT molecular complexity index is 403. The number of nitrogens with zero attached hydrogens (tertiary/aromatic N) is 3. The average molecular weight is 317 g/mol. The van der Waals surface area contributed by atoms with E-state index in [4.69, 9.17) is 20.1 Å². The van der Waals surface area contributed by atoms with Gasteiger partial charge in [-0.25, -0.2) is 4.79 Å². The van der Waals surface area contributed by atoms with Crippen LogP contribution in [0, 0.1) is 0 Å². The summed E-state index contributed by atoms with van der Waals surface area (Å²) in [7, 11) is 0. The normalized spacial score (nSPS) is 12.0. The molecule has 0 saturated heterocycles. The molecule has 0 radical (unpaired) electrons. The highest BCUT2D eigenvalue weighted by Crippen LogP contribution is 2.06. The third-order valence-corrected chi connectivity index (χ3v) is 2.12. The van der Waals surface area contributed by atoms with E-state index in [9.17, 15) is 9.59 Å². The molecule has 10 nitrogen and oxygen atoms in total. The smallest absolute Gasteiger partial charge is 0.408 e. The number of hydrogen-bond acceptors (Lipinski definition) is 6. The van der Waals surface area contributed by atoms with E-state index in [0.717, 1.165) is 0 Å². The number of alkyl carbamates (subject to hydrolysis) is 1. The summed E-state index contributed by atoms with van der Waals surface area (Å²) >= 11 is 0. The molecule has 22 heavy (non-hydrogen) atoms. The number of ether oxygens (including phenoxy) is 2. The van der Waals surface area contributed by atoms with Crippen molar-refractivity contribution in [3.8, 4) is 0 Å². The van der Waals surface area contributed by atoms with Gasteiger partial charge in [0.1, 0.15) is 11.6 Å². The monoisotopic (exact) mass is 317 g/mol. The maximum absolute atomic E-state index is 11.9. The number of aliphatic hydroxyl groups excluding tert-OH is 1. The molecule has 0 fully saturated rings. The molecule has 0 heterocycles. The van der Waals surface area contributed by atoms with Crippen LogP contribution in [0.2, 0.25) is 0 Å². The van der Waals surface area contributed by atoms with Gasteiger partial charge in [-0.3, -0.25) is 4.79 Å². The summed E-state index contributed by atoms with van der Waals surface area (Å²) in [5, 5.41) is 16.7. The first-order chi connectivity index (χ1) is 10.3. The summed E-state index contributed by atoms with van der Waals surface area (Å²) in [6.07, 6.45) is -0.780. The van der Waals surface area contributed by atoms with Gasteiger partial charge in [0.05, 0.1) is 26.4 Å². The van der Waals surface area contributed by atoms with Crippen molar-refractivity contribution in [2.75, 3.05) is 32.9 Å². The number of carbonyl (C=O) groups is 2. The SMILES string of the molecule is CC(C)(C)OC(=O)N[C@@H](CN=[N+]=[N-])C(=O)NCCOCCO. The van der Waals surface area contributed by atoms with Gasteiger partial charge in [-0.05, 0) is 26.3 Å². The summed E-state index contributed by atoms with van der Waals surface area (Å²) in [6, 6.07) is -1.04. The lowest BCUT2D eigenvalue weighted by molar-refractivity contribution is -0.123. The van der Waals surface area contributed by atoms with Crippen molar-refractivity contribution in [1.82, 2.24) is 10.6 Å². The van der Waals surface area contributed by atoms with Gasteiger partial charge in [-0.1, -0.05) is 5.11 Å². The van der Waals surface area contributed by atoms with Gasteiger partial charge in [0.2, 0.25) is 5.91 Å². The Morgan fingerprint density at radius 3 is 2.59 bits per heavy atom. The molecular formula is C12H23N5O5. The minimum atomic E-state index is -1.04. The van der Waals surface area contributed by atoms with Crippen molar-refractivity contribution >= 4 is 12.0 Å². The lowest BCUT2D eigenvalue weighted by atomic mass is 10.2. The highest BCUT2D eigenvalue weighted by molar-refractivity contribution is 5.85. The predicted octanol–water partition coefficient (Wildman–Crippen LogP) is 0.315. The fourth-order valence-corrected chi connectivity index (χ4v) is 1.30. The van der Waals surface area contributed by atoms with Crippen LogP contribution in [-0.2, 0) is 14.3 Å². The molecule has 1 atom stereocenters. The quantitative estimate of drug-likeness (QED) is 0.242. The highest BCUT2D eigenvalue weighted by atomic mass is 16.6. The minimum absolute atomic E-state index is 0.104. The highest BCUT2D eigenvalue weighted by Gasteiger charge is 2.23. The van der Waals surface area contributed by atoms with Crippen molar-refractivity contribution in [3.05, 3.63) is 10.4 Å². The molecule has 0 aliphatic carbocycles. The van der Waals surface area contributed by atoms with E-state index in [1.165, 1.54) is 0 Å². The van der Waals surface area contributed by atoms with Gasteiger partial charge in [-0.2, -0.15) is 0 Å². The third-order valence-electron chi connectivity index (χ3n) is 2.12. The zero-order valence-corrected chi connectivity index (χ0v) is 13.0. The first-order valence-corrected chi connectivity index (χ1v) is 6.77. The van der Waals surface area contributed by atoms with E-state index >= 15 is 0 Å². The number of azide groups is 1. The Labute approximate surface area is 128 Å². The zero-order chi connectivity index (χ0) is 17.0. The molecule has 0 aliphatic rings. The summed E-state index contributed by atoms with van der Waals surface area (Å²) in [5.41, 5.74) is 7.62. The third kappa shape index (κ3) is 10.7. The maximum Gasteiger partial charge on any atom is 0.408 e. The molecule has 3 N–H and O–H groups in total. The van der Waals surface area contributed by atoms with Gasteiger partial charge in [0.25, 0.3) is 0 Å². The molecule has 0 saturated carbocycles.